The summed E-state index contributed by atoms with van der Waals surface area (Å²) in [5.74, 6) is -0.785. The summed E-state index contributed by atoms with van der Waals surface area (Å²) in [5.41, 5.74) is 0. The summed E-state index contributed by atoms with van der Waals surface area (Å²) in [4.78, 5) is 14.3. The van der Waals surface area contributed by atoms with Crippen LogP contribution in [0.3, 0.4) is 0 Å². The lowest BCUT2D eigenvalue weighted by Crippen LogP contribution is -2.41. The summed E-state index contributed by atoms with van der Waals surface area (Å²) in [6, 6.07) is 0.544. The molecule has 0 unspecified atom stereocenters. The zero-order valence-corrected chi connectivity index (χ0v) is 14.8. The molecule has 1 N–H and O–H groups in total. The van der Waals surface area contributed by atoms with Crippen LogP contribution in [0.25, 0.3) is 0 Å². The van der Waals surface area contributed by atoms with Crippen molar-refractivity contribution in [2.75, 3.05) is 26.8 Å². The Kier molecular flexibility index (Phi) is 5.45. The number of fused-ring (bicyclic) bond motifs is 1. The quantitative estimate of drug-likeness (QED) is 0.805. The van der Waals surface area contributed by atoms with Crippen LogP contribution in [0.15, 0.2) is 0 Å². The average Bonchev–Trinajstić information content (AvgIpc) is 2.98. The van der Waals surface area contributed by atoms with Crippen LogP contribution in [0.2, 0.25) is 0 Å². The van der Waals surface area contributed by atoms with Crippen LogP contribution >= 0.6 is 0 Å². The Morgan fingerprint density at radius 2 is 2.04 bits per heavy atom. The summed E-state index contributed by atoms with van der Waals surface area (Å²) in [7, 11) is 1.66. The molecule has 3 rings (SSSR count). The number of methoxy groups -OCH3 is 1. The van der Waals surface area contributed by atoms with E-state index < -0.39 is 5.92 Å². The highest BCUT2D eigenvalue weighted by Crippen LogP contribution is 2.46. The van der Waals surface area contributed by atoms with Crippen LogP contribution in [0.4, 0.5) is 8.78 Å². The first-order valence-electron chi connectivity index (χ1n) is 9.31. The number of hydrogen-bond donors (Lipinski definition) is 1. The molecule has 1 heterocycles. The van der Waals surface area contributed by atoms with E-state index in [0.29, 0.717) is 56.2 Å². The Morgan fingerprint density at radius 3 is 2.71 bits per heavy atom. The monoisotopic (exact) mass is 344 g/mol. The largest absolute Gasteiger partial charge is 0.383 e. The van der Waals surface area contributed by atoms with Gasteiger partial charge in [0.05, 0.1) is 6.61 Å². The van der Waals surface area contributed by atoms with E-state index in [1.807, 2.05) is 4.90 Å². The van der Waals surface area contributed by atoms with Gasteiger partial charge in [-0.15, -0.1) is 0 Å². The summed E-state index contributed by atoms with van der Waals surface area (Å²) in [6.45, 7) is 4.38. The van der Waals surface area contributed by atoms with E-state index in [1.165, 1.54) is 0 Å². The van der Waals surface area contributed by atoms with Gasteiger partial charge in [-0.1, -0.05) is 6.92 Å². The lowest BCUT2D eigenvalue weighted by Gasteiger charge is -2.31. The molecule has 4 atom stereocenters. The maximum Gasteiger partial charge on any atom is 0.248 e. The summed E-state index contributed by atoms with van der Waals surface area (Å²) in [6.07, 6.45) is 2.80. The molecule has 0 bridgehead atoms. The molecule has 6 heteroatoms. The van der Waals surface area contributed by atoms with Crippen molar-refractivity contribution in [3.63, 3.8) is 0 Å². The normalized spacial score (nSPS) is 36.3. The van der Waals surface area contributed by atoms with Crippen molar-refractivity contribution in [1.82, 2.24) is 10.2 Å². The molecule has 1 amide bonds. The molecule has 0 aromatic heterocycles. The first-order valence-corrected chi connectivity index (χ1v) is 9.31. The topological polar surface area (TPSA) is 41.6 Å². The molecule has 0 aromatic rings. The van der Waals surface area contributed by atoms with Crippen LogP contribution in [0, 0.1) is 17.8 Å². The minimum absolute atomic E-state index is 0.000220. The number of nitrogens with one attached hydrogen (secondary N) is 1. The van der Waals surface area contributed by atoms with Crippen LogP contribution in [0.1, 0.15) is 45.4 Å². The predicted octanol–water partition coefficient (Wildman–Crippen LogP) is 2.67. The number of halogens is 2. The van der Waals surface area contributed by atoms with Gasteiger partial charge in [-0.3, -0.25) is 4.79 Å². The van der Waals surface area contributed by atoms with Crippen molar-refractivity contribution in [2.24, 2.45) is 17.8 Å². The Morgan fingerprint density at radius 1 is 1.33 bits per heavy atom. The number of carbonyl (C=O) groups excluding carboxylic acids is 1. The summed E-state index contributed by atoms with van der Waals surface area (Å²) >= 11 is 0. The molecule has 4 nitrogen and oxygen atoms in total. The molecule has 0 aromatic carbocycles. The van der Waals surface area contributed by atoms with Gasteiger partial charge in [-0.05, 0) is 43.6 Å². The third-order valence-electron chi connectivity index (χ3n) is 6.42. The maximum absolute atomic E-state index is 13.3. The molecule has 0 radical (unpaired) electrons. The smallest absolute Gasteiger partial charge is 0.248 e. The molecule has 3 aliphatic rings. The molecule has 1 aliphatic heterocycles. The number of carbonyl (C=O) groups is 1. The van der Waals surface area contributed by atoms with Gasteiger partial charge in [0.1, 0.15) is 0 Å². The Balaban J connectivity index is 1.52. The first kappa shape index (κ1) is 18.1. The van der Waals surface area contributed by atoms with Gasteiger partial charge in [0.25, 0.3) is 0 Å². The van der Waals surface area contributed by atoms with Crippen molar-refractivity contribution in [3.8, 4) is 0 Å². The van der Waals surface area contributed by atoms with Crippen molar-refractivity contribution < 1.29 is 18.3 Å². The Bertz CT molecular complexity index is 450. The molecular weight excluding hydrogens is 314 g/mol. The van der Waals surface area contributed by atoms with E-state index in [0.717, 1.165) is 13.0 Å². The van der Waals surface area contributed by atoms with Crippen molar-refractivity contribution in [1.29, 1.82) is 0 Å². The minimum atomic E-state index is -2.47. The molecular formula is C18H30F2N2O2. The zero-order chi connectivity index (χ0) is 17.3. The van der Waals surface area contributed by atoms with E-state index >= 15 is 0 Å². The number of alkyl halides is 2. The van der Waals surface area contributed by atoms with Gasteiger partial charge in [-0.2, -0.15) is 0 Å². The number of nitrogens with zero attached hydrogens (tertiary/aromatic N) is 1. The average molecular weight is 344 g/mol. The lowest BCUT2D eigenvalue weighted by molar-refractivity contribution is -0.129. The molecule has 2 aliphatic carbocycles. The van der Waals surface area contributed by atoms with Gasteiger partial charge in [0.2, 0.25) is 11.8 Å². The van der Waals surface area contributed by atoms with Crippen LogP contribution in [0.5, 0.6) is 0 Å². The fourth-order valence-electron chi connectivity index (χ4n) is 4.97. The second-order valence-electron chi connectivity index (χ2n) is 7.93. The molecule has 24 heavy (non-hydrogen) atoms. The fraction of sp³-hybridized carbons (Fsp3) is 0.944. The van der Waals surface area contributed by atoms with Crippen molar-refractivity contribution in [2.45, 2.75) is 63.5 Å². The molecule has 138 valence electrons. The second kappa shape index (κ2) is 7.24. The third kappa shape index (κ3) is 3.74. The fourth-order valence-corrected chi connectivity index (χ4v) is 4.97. The zero-order valence-electron chi connectivity index (χ0n) is 14.8. The summed E-state index contributed by atoms with van der Waals surface area (Å²) in [5, 5.41) is 3.53. The van der Waals surface area contributed by atoms with Gasteiger partial charge in [0, 0.05) is 45.0 Å². The maximum atomic E-state index is 13.3. The molecule has 0 spiro atoms. The SMILES string of the molecule is COCCN1C(=O)C[C@H]2[C@H](CNC3CCC(F)(F)CC3)[C@@H](C)C[C@H]21. The standard InChI is InChI=1S/C18H30F2N2O2/c1-12-9-16-14(10-17(23)22(16)7-8-24-2)15(12)11-21-13-3-5-18(19,20)6-4-13/h12-16,21H,3-11H2,1-2H3/t12-,14-,15+,16+/m0/s1. The van der Waals surface area contributed by atoms with Gasteiger partial charge < -0.3 is 15.0 Å². The van der Waals surface area contributed by atoms with Gasteiger partial charge in [-0.25, -0.2) is 8.78 Å². The molecule has 1 saturated heterocycles. The molecule has 3 fully saturated rings. The highest BCUT2D eigenvalue weighted by Gasteiger charge is 2.50. The number of rotatable bonds is 6. The minimum Gasteiger partial charge on any atom is -0.383 e. The van der Waals surface area contributed by atoms with Gasteiger partial charge in [0.15, 0.2) is 0 Å². The van der Waals surface area contributed by atoms with Crippen LogP contribution < -0.4 is 5.32 Å². The Hall–Kier alpha value is -0.750. The third-order valence-corrected chi connectivity index (χ3v) is 6.42. The van der Waals surface area contributed by atoms with E-state index in [9.17, 15) is 13.6 Å². The highest BCUT2D eigenvalue weighted by atomic mass is 19.3. The van der Waals surface area contributed by atoms with Gasteiger partial charge >= 0.3 is 0 Å². The Labute approximate surface area is 143 Å². The van der Waals surface area contributed by atoms with Crippen LogP contribution in [-0.4, -0.2) is 55.6 Å². The number of likely N-dealkylation sites (tertiary alicyclic amines) is 1. The van der Waals surface area contributed by atoms with Crippen molar-refractivity contribution >= 4 is 5.91 Å². The van der Waals surface area contributed by atoms with E-state index in [1.54, 1.807) is 7.11 Å². The van der Waals surface area contributed by atoms with Crippen molar-refractivity contribution in [3.05, 3.63) is 0 Å². The number of amides is 1. The van der Waals surface area contributed by atoms with E-state index in [2.05, 4.69) is 12.2 Å². The predicted molar refractivity (Wildman–Crippen MR) is 88.0 cm³/mol. The lowest BCUT2D eigenvalue weighted by atomic mass is 9.87. The van der Waals surface area contributed by atoms with Crippen LogP contribution in [-0.2, 0) is 9.53 Å². The molecule has 2 saturated carbocycles. The first-order chi connectivity index (χ1) is 11.4. The highest BCUT2D eigenvalue weighted by molar-refractivity contribution is 5.79. The number of hydrogen-bond acceptors (Lipinski definition) is 3. The summed E-state index contributed by atoms with van der Waals surface area (Å²) < 4.78 is 31.7. The van der Waals surface area contributed by atoms with E-state index in [-0.39, 0.29) is 24.8 Å². The second-order valence-corrected chi connectivity index (χ2v) is 7.93. The number of ether oxygens (including phenoxy) is 1. The van der Waals surface area contributed by atoms with E-state index in [4.69, 9.17) is 4.74 Å².